The van der Waals surface area contributed by atoms with E-state index >= 15 is 0 Å². The molecule has 0 aromatic heterocycles. The lowest BCUT2D eigenvalue weighted by Crippen LogP contribution is -2.30. The fraction of sp³-hybridized carbons (Fsp3) is 0.211. The van der Waals surface area contributed by atoms with Crippen LogP contribution in [0.15, 0.2) is 57.8 Å². The maximum absolute atomic E-state index is 12.4. The number of hydrogen-bond acceptors (Lipinski definition) is 4. The number of fused-ring (bicyclic) bond motifs is 5. The highest BCUT2D eigenvalue weighted by Crippen LogP contribution is 2.48. The molecule has 0 radical (unpaired) electrons. The van der Waals surface area contributed by atoms with Gasteiger partial charge in [0.05, 0.1) is 24.1 Å². The van der Waals surface area contributed by atoms with Gasteiger partial charge in [-0.3, -0.25) is 0 Å². The molecule has 0 amide bonds. The summed E-state index contributed by atoms with van der Waals surface area (Å²) >= 11 is 7.97. The van der Waals surface area contributed by atoms with Crippen molar-refractivity contribution in [3.63, 3.8) is 0 Å². The first kappa shape index (κ1) is 15.6. The Morgan fingerprint density at radius 1 is 1.21 bits per heavy atom. The van der Waals surface area contributed by atoms with Crippen molar-refractivity contribution in [2.45, 2.75) is 22.6 Å². The zero-order chi connectivity index (χ0) is 16.7. The molecule has 24 heavy (non-hydrogen) atoms. The molecule has 122 valence electrons. The highest BCUT2D eigenvalue weighted by Gasteiger charge is 2.32. The van der Waals surface area contributed by atoms with E-state index in [-0.39, 0.29) is 5.97 Å². The molecule has 5 heteroatoms. The number of carbonyl (C=O) groups excluding carboxylic acids is 1. The third kappa shape index (κ3) is 2.50. The second kappa shape index (κ2) is 6.19. The molecule has 2 aliphatic heterocycles. The summed E-state index contributed by atoms with van der Waals surface area (Å²) in [6.07, 6.45) is 1.64. The second-order valence-electron chi connectivity index (χ2n) is 5.78. The highest BCUT2D eigenvalue weighted by molar-refractivity contribution is 7.99. The van der Waals surface area contributed by atoms with Crippen molar-refractivity contribution in [3.05, 3.63) is 58.6 Å². The Morgan fingerprint density at radius 2 is 2.04 bits per heavy atom. The van der Waals surface area contributed by atoms with Crippen LogP contribution in [0.4, 0.5) is 5.69 Å². The molecule has 0 saturated carbocycles. The Kier molecular flexibility index (Phi) is 4.02. The van der Waals surface area contributed by atoms with E-state index in [1.54, 1.807) is 11.8 Å². The maximum Gasteiger partial charge on any atom is 0.335 e. The summed E-state index contributed by atoms with van der Waals surface area (Å²) in [6.45, 7) is 0.859. The number of nitrogens with zero attached hydrogens (tertiary/aromatic N) is 1. The molecule has 0 bridgehead atoms. The Balaban J connectivity index is 2.03. The van der Waals surface area contributed by atoms with E-state index < -0.39 is 0 Å². The Labute approximate surface area is 150 Å². The summed E-state index contributed by atoms with van der Waals surface area (Å²) in [4.78, 5) is 16.9. The standard InChI is InChI=1S/C19H16ClNO2S/c1-23-19(22)14-6-4-10-21-15-11-12(20)8-9-17(15)24-16-7-3-2-5-13(16)18(14)21/h2-3,5,7-9,11H,4,6,10H2,1H3. The number of anilines is 1. The molecule has 0 saturated heterocycles. The summed E-state index contributed by atoms with van der Waals surface area (Å²) in [5, 5.41) is 0.699. The smallest absolute Gasteiger partial charge is 0.335 e. The Hall–Kier alpha value is -1.91. The van der Waals surface area contributed by atoms with E-state index in [9.17, 15) is 4.79 Å². The molecule has 2 aromatic rings. The zero-order valence-electron chi connectivity index (χ0n) is 13.2. The number of benzene rings is 2. The molecule has 0 aliphatic carbocycles. The molecule has 3 nitrogen and oxygen atoms in total. The third-order valence-electron chi connectivity index (χ3n) is 4.37. The first-order valence-corrected chi connectivity index (χ1v) is 9.04. The molecule has 2 heterocycles. The topological polar surface area (TPSA) is 29.5 Å². The summed E-state index contributed by atoms with van der Waals surface area (Å²) in [5.41, 5.74) is 3.83. The van der Waals surface area contributed by atoms with Gasteiger partial charge in [-0.05, 0) is 37.1 Å². The minimum Gasteiger partial charge on any atom is -0.466 e. The van der Waals surface area contributed by atoms with Crippen LogP contribution < -0.4 is 4.90 Å². The first-order valence-electron chi connectivity index (χ1n) is 7.85. The summed E-state index contributed by atoms with van der Waals surface area (Å²) < 4.78 is 5.05. The quantitative estimate of drug-likeness (QED) is 0.672. The van der Waals surface area contributed by atoms with Crippen LogP contribution in [-0.4, -0.2) is 19.6 Å². The van der Waals surface area contributed by atoms with Gasteiger partial charge >= 0.3 is 5.97 Å². The van der Waals surface area contributed by atoms with Crippen molar-refractivity contribution in [1.82, 2.24) is 0 Å². The molecule has 4 rings (SSSR count). The molecule has 2 aromatic carbocycles. The molecule has 0 atom stereocenters. The lowest BCUT2D eigenvalue weighted by molar-refractivity contribution is -0.136. The summed E-state index contributed by atoms with van der Waals surface area (Å²) in [5.74, 6) is -0.250. The normalized spacial score (nSPS) is 16.0. The molecule has 0 fully saturated rings. The van der Waals surface area contributed by atoms with E-state index in [0.717, 1.165) is 51.7 Å². The molecule has 0 N–H and O–H groups in total. The van der Waals surface area contributed by atoms with Crippen molar-refractivity contribution < 1.29 is 9.53 Å². The van der Waals surface area contributed by atoms with Crippen molar-refractivity contribution in [2.75, 3.05) is 18.6 Å². The van der Waals surface area contributed by atoms with Crippen LogP contribution in [0.25, 0.3) is 5.70 Å². The first-order chi connectivity index (χ1) is 11.7. The molecular weight excluding hydrogens is 342 g/mol. The van der Waals surface area contributed by atoms with Crippen LogP contribution in [0.3, 0.4) is 0 Å². The molecule has 0 spiro atoms. The average Bonchev–Trinajstić information content (AvgIpc) is 2.75. The predicted octanol–water partition coefficient (Wildman–Crippen LogP) is 4.99. The van der Waals surface area contributed by atoms with Crippen LogP contribution in [0.2, 0.25) is 5.02 Å². The van der Waals surface area contributed by atoms with Gasteiger partial charge in [-0.1, -0.05) is 41.6 Å². The number of carbonyl (C=O) groups is 1. The van der Waals surface area contributed by atoms with Gasteiger partial charge in [0.25, 0.3) is 0 Å². The van der Waals surface area contributed by atoms with E-state index in [4.69, 9.17) is 16.3 Å². The second-order valence-corrected chi connectivity index (χ2v) is 7.30. The number of hydrogen-bond donors (Lipinski definition) is 0. The van der Waals surface area contributed by atoms with Gasteiger partial charge < -0.3 is 9.64 Å². The van der Waals surface area contributed by atoms with Crippen molar-refractivity contribution in [3.8, 4) is 0 Å². The lowest BCUT2D eigenvalue weighted by atomic mass is 9.96. The summed E-state index contributed by atoms with van der Waals surface area (Å²) in [7, 11) is 1.44. The van der Waals surface area contributed by atoms with Gasteiger partial charge in [0, 0.05) is 26.9 Å². The Morgan fingerprint density at radius 3 is 2.88 bits per heavy atom. The van der Waals surface area contributed by atoms with Gasteiger partial charge in [0.15, 0.2) is 0 Å². The number of rotatable bonds is 1. The maximum atomic E-state index is 12.4. The fourth-order valence-corrected chi connectivity index (χ4v) is 4.57. The number of methoxy groups -OCH3 is 1. The van der Waals surface area contributed by atoms with Crippen molar-refractivity contribution in [2.24, 2.45) is 0 Å². The van der Waals surface area contributed by atoms with Gasteiger partial charge in [-0.25, -0.2) is 4.79 Å². The van der Waals surface area contributed by atoms with E-state index in [2.05, 4.69) is 23.1 Å². The zero-order valence-corrected chi connectivity index (χ0v) is 14.8. The third-order valence-corrected chi connectivity index (χ3v) is 5.75. The molecular formula is C19H16ClNO2S. The van der Waals surface area contributed by atoms with Gasteiger partial charge in [0.1, 0.15) is 0 Å². The molecule has 0 unspecified atom stereocenters. The van der Waals surface area contributed by atoms with E-state index in [1.807, 2.05) is 24.3 Å². The summed E-state index contributed by atoms with van der Waals surface area (Å²) in [6, 6.07) is 14.2. The largest absolute Gasteiger partial charge is 0.466 e. The SMILES string of the molecule is COC(=O)C1=C2c3ccccc3Sc3ccc(Cl)cc3N2CCC1. The lowest BCUT2D eigenvalue weighted by Gasteiger charge is -2.33. The Bertz CT molecular complexity index is 862. The minimum absolute atomic E-state index is 0.250. The van der Waals surface area contributed by atoms with Crippen LogP contribution in [0, 0.1) is 0 Å². The van der Waals surface area contributed by atoms with Crippen LogP contribution >= 0.6 is 23.4 Å². The van der Waals surface area contributed by atoms with Crippen LogP contribution in [0.1, 0.15) is 18.4 Å². The number of ether oxygens (including phenoxy) is 1. The van der Waals surface area contributed by atoms with Crippen LogP contribution in [-0.2, 0) is 9.53 Å². The monoisotopic (exact) mass is 357 g/mol. The molecule has 2 aliphatic rings. The average molecular weight is 358 g/mol. The number of halogens is 1. The van der Waals surface area contributed by atoms with Crippen molar-refractivity contribution in [1.29, 1.82) is 0 Å². The fourth-order valence-electron chi connectivity index (χ4n) is 3.34. The van der Waals surface area contributed by atoms with Crippen molar-refractivity contribution >= 4 is 40.7 Å². The highest BCUT2D eigenvalue weighted by atomic mass is 35.5. The number of esters is 1. The van der Waals surface area contributed by atoms with Gasteiger partial charge in [-0.2, -0.15) is 0 Å². The van der Waals surface area contributed by atoms with E-state index in [0.29, 0.717) is 5.02 Å². The van der Waals surface area contributed by atoms with Crippen LogP contribution in [0.5, 0.6) is 0 Å². The van der Waals surface area contributed by atoms with Gasteiger partial charge in [-0.15, -0.1) is 0 Å². The predicted molar refractivity (Wildman–Crippen MR) is 97.5 cm³/mol. The minimum atomic E-state index is -0.250. The van der Waals surface area contributed by atoms with Gasteiger partial charge in [0.2, 0.25) is 0 Å². The van der Waals surface area contributed by atoms with E-state index in [1.165, 1.54) is 7.11 Å².